The summed E-state index contributed by atoms with van der Waals surface area (Å²) in [5, 5.41) is 0.738. The molecule has 2 heterocycles. The summed E-state index contributed by atoms with van der Waals surface area (Å²) in [6.45, 7) is 5.70. The molecular formula is C22H27ClN4O2. The quantitative estimate of drug-likeness (QED) is 0.787. The van der Waals surface area contributed by atoms with E-state index in [4.69, 9.17) is 16.3 Å². The molecule has 0 aliphatic carbocycles. The van der Waals surface area contributed by atoms with Crippen LogP contribution in [0, 0.1) is 0 Å². The third kappa shape index (κ3) is 4.66. The molecule has 2 N–H and O–H groups in total. The third-order valence-corrected chi connectivity index (χ3v) is 5.79. The van der Waals surface area contributed by atoms with E-state index in [-0.39, 0.29) is 18.0 Å². The zero-order valence-electron chi connectivity index (χ0n) is 16.6. The molecule has 2 aliphatic heterocycles. The fraction of sp³-hybridized carbons (Fsp3) is 0.409. The molecule has 2 aliphatic rings. The van der Waals surface area contributed by atoms with Gasteiger partial charge in [0.15, 0.2) is 0 Å². The first-order valence-electron chi connectivity index (χ1n) is 10.2. The lowest BCUT2D eigenvalue weighted by molar-refractivity contribution is -0.133. The largest absolute Gasteiger partial charge is 0.494 e. The van der Waals surface area contributed by atoms with Crippen molar-refractivity contribution in [2.45, 2.75) is 25.4 Å². The van der Waals surface area contributed by atoms with E-state index in [1.807, 2.05) is 42.2 Å². The molecule has 6 nitrogen and oxygen atoms in total. The number of carbonyl (C=O) groups excluding carboxylic acids is 1. The second kappa shape index (κ2) is 9.03. The molecule has 2 unspecified atom stereocenters. The average Bonchev–Trinajstić information content (AvgIpc) is 3.24. The summed E-state index contributed by atoms with van der Waals surface area (Å²) in [4.78, 5) is 17.2. The molecule has 0 radical (unpaired) electrons. The molecule has 0 spiro atoms. The second-order valence-corrected chi connectivity index (χ2v) is 7.86. The van der Waals surface area contributed by atoms with E-state index in [9.17, 15) is 4.79 Å². The average molecular weight is 415 g/mol. The number of piperazine rings is 1. The Kier molecular flexibility index (Phi) is 6.23. The molecule has 4 rings (SSSR count). The summed E-state index contributed by atoms with van der Waals surface area (Å²) in [5.74, 6) is 1.03. The molecule has 2 aromatic rings. The summed E-state index contributed by atoms with van der Waals surface area (Å²) < 4.78 is 5.50. The molecular weight excluding hydrogens is 388 g/mol. The number of hydrazine groups is 1. The van der Waals surface area contributed by atoms with Gasteiger partial charge in [-0.3, -0.25) is 4.79 Å². The van der Waals surface area contributed by atoms with E-state index in [2.05, 4.69) is 34.0 Å². The Morgan fingerprint density at radius 3 is 2.55 bits per heavy atom. The van der Waals surface area contributed by atoms with Crippen LogP contribution in [0.25, 0.3) is 0 Å². The highest BCUT2D eigenvalue weighted by Gasteiger charge is 2.34. The zero-order chi connectivity index (χ0) is 20.2. The van der Waals surface area contributed by atoms with Crippen molar-refractivity contribution < 1.29 is 9.53 Å². The number of benzene rings is 2. The van der Waals surface area contributed by atoms with Crippen LogP contribution in [-0.4, -0.2) is 49.6 Å². The van der Waals surface area contributed by atoms with E-state index in [1.54, 1.807) is 0 Å². The molecule has 29 heavy (non-hydrogen) atoms. The molecule has 2 atom stereocenters. The van der Waals surface area contributed by atoms with Crippen molar-refractivity contribution >= 4 is 23.2 Å². The van der Waals surface area contributed by atoms with Crippen molar-refractivity contribution in [1.29, 1.82) is 0 Å². The van der Waals surface area contributed by atoms with Crippen LogP contribution in [0.5, 0.6) is 5.75 Å². The van der Waals surface area contributed by atoms with Crippen molar-refractivity contribution in [3.05, 3.63) is 59.1 Å². The van der Waals surface area contributed by atoms with Gasteiger partial charge in [-0.2, -0.15) is 0 Å². The highest BCUT2D eigenvalue weighted by Crippen LogP contribution is 2.26. The predicted octanol–water partition coefficient (Wildman–Crippen LogP) is 3.00. The smallest absolute Gasteiger partial charge is 0.241 e. The maximum Gasteiger partial charge on any atom is 0.241 e. The first-order chi connectivity index (χ1) is 14.1. The monoisotopic (exact) mass is 414 g/mol. The van der Waals surface area contributed by atoms with Gasteiger partial charge in [-0.05, 0) is 49.2 Å². The number of nitrogens with one attached hydrogen (secondary N) is 2. The van der Waals surface area contributed by atoms with Crippen molar-refractivity contribution in [3.63, 3.8) is 0 Å². The van der Waals surface area contributed by atoms with Crippen LogP contribution >= 0.6 is 11.6 Å². The zero-order valence-corrected chi connectivity index (χ0v) is 17.4. The minimum absolute atomic E-state index is 0.118. The van der Waals surface area contributed by atoms with E-state index < -0.39 is 0 Å². The lowest BCUT2D eigenvalue weighted by Gasteiger charge is -2.37. The van der Waals surface area contributed by atoms with Crippen LogP contribution in [0.15, 0.2) is 48.5 Å². The first-order valence-corrected chi connectivity index (χ1v) is 10.5. The van der Waals surface area contributed by atoms with E-state index in [1.165, 1.54) is 0 Å². The Morgan fingerprint density at radius 2 is 1.86 bits per heavy atom. The van der Waals surface area contributed by atoms with Gasteiger partial charge in [0.05, 0.1) is 6.61 Å². The highest BCUT2D eigenvalue weighted by molar-refractivity contribution is 6.30. The van der Waals surface area contributed by atoms with Gasteiger partial charge >= 0.3 is 0 Å². The molecule has 2 aromatic carbocycles. The van der Waals surface area contributed by atoms with Crippen molar-refractivity contribution in [3.8, 4) is 5.75 Å². The molecule has 2 fully saturated rings. The molecule has 0 saturated carbocycles. The van der Waals surface area contributed by atoms with E-state index in [0.717, 1.165) is 54.6 Å². The predicted molar refractivity (Wildman–Crippen MR) is 115 cm³/mol. The van der Waals surface area contributed by atoms with Crippen molar-refractivity contribution in [2.24, 2.45) is 0 Å². The molecule has 2 saturated heterocycles. The Labute approximate surface area is 176 Å². The first kappa shape index (κ1) is 20.0. The maximum atomic E-state index is 13.0. The number of hydrogen-bond donors (Lipinski definition) is 2. The van der Waals surface area contributed by atoms with Gasteiger partial charge in [-0.1, -0.05) is 29.8 Å². The Bertz CT molecular complexity index is 837. The minimum atomic E-state index is -0.204. The summed E-state index contributed by atoms with van der Waals surface area (Å²) in [6.07, 6.45) is 0.737. The molecule has 154 valence electrons. The number of nitrogens with zero attached hydrogens (tertiary/aromatic N) is 2. The fourth-order valence-electron chi connectivity index (χ4n) is 3.98. The van der Waals surface area contributed by atoms with Gasteiger partial charge in [0.1, 0.15) is 11.8 Å². The minimum Gasteiger partial charge on any atom is -0.494 e. The SMILES string of the molecule is CCOc1ccc(C2CC(C(=O)N3CCN(c4cccc(Cl)c4)CC3)NN2)cc1. The maximum absolute atomic E-state index is 13.0. The van der Waals surface area contributed by atoms with Gasteiger partial charge in [0.25, 0.3) is 0 Å². The molecule has 7 heteroatoms. The van der Waals surface area contributed by atoms with Crippen LogP contribution in [-0.2, 0) is 4.79 Å². The normalized spacial score (nSPS) is 22.0. The fourth-order valence-corrected chi connectivity index (χ4v) is 4.16. The third-order valence-electron chi connectivity index (χ3n) is 5.56. The van der Waals surface area contributed by atoms with Crippen LogP contribution in [0.2, 0.25) is 5.02 Å². The lowest BCUT2D eigenvalue weighted by Crippen LogP contribution is -2.53. The molecule has 1 amide bonds. The van der Waals surface area contributed by atoms with Crippen LogP contribution in [0.4, 0.5) is 5.69 Å². The van der Waals surface area contributed by atoms with Crippen molar-refractivity contribution in [1.82, 2.24) is 15.8 Å². The van der Waals surface area contributed by atoms with Gasteiger partial charge in [0.2, 0.25) is 5.91 Å². The Morgan fingerprint density at radius 1 is 1.10 bits per heavy atom. The number of ether oxygens (including phenoxy) is 1. The summed E-state index contributed by atoms with van der Waals surface area (Å²) in [6, 6.07) is 15.9. The molecule has 0 bridgehead atoms. The Hall–Kier alpha value is -2.28. The number of rotatable bonds is 5. The number of hydrogen-bond acceptors (Lipinski definition) is 5. The molecule has 0 aromatic heterocycles. The van der Waals surface area contributed by atoms with Gasteiger partial charge in [-0.15, -0.1) is 0 Å². The lowest BCUT2D eigenvalue weighted by atomic mass is 10.0. The van der Waals surface area contributed by atoms with Crippen LogP contribution < -0.4 is 20.5 Å². The van der Waals surface area contributed by atoms with Gasteiger partial charge < -0.3 is 14.5 Å². The Balaban J connectivity index is 1.30. The standard InChI is InChI=1S/C22H27ClN4O2/c1-2-29-19-8-6-16(7-9-19)20-15-21(25-24-20)22(28)27-12-10-26(11-13-27)18-5-3-4-17(23)14-18/h3-9,14,20-21,24-25H,2,10-13,15H2,1H3. The van der Waals surface area contributed by atoms with Gasteiger partial charge in [0, 0.05) is 42.9 Å². The number of amides is 1. The topological polar surface area (TPSA) is 56.8 Å². The summed E-state index contributed by atoms with van der Waals surface area (Å²) in [7, 11) is 0. The number of anilines is 1. The van der Waals surface area contributed by atoms with Gasteiger partial charge in [-0.25, -0.2) is 10.9 Å². The van der Waals surface area contributed by atoms with Crippen LogP contribution in [0.1, 0.15) is 24.9 Å². The second-order valence-electron chi connectivity index (χ2n) is 7.42. The number of carbonyl (C=O) groups is 1. The number of halogens is 1. The van der Waals surface area contributed by atoms with Crippen molar-refractivity contribution in [2.75, 3.05) is 37.7 Å². The van der Waals surface area contributed by atoms with Crippen LogP contribution in [0.3, 0.4) is 0 Å². The summed E-state index contributed by atoms with van der Waals surface area (Å²) in [5.41, 5.74) is 8.73. The van der Waals surface area contributed by atoms with E-state index in [0.29, 0.717) is 6.61 Å². The van der Waals surface area contributed by atoms with E-state index >= 15 is 0 Å². The highest BCUT2D eigenvalue weighted by atomic mass is 35.5. The summed E-state index contributed by atoms with van der Waals surface area (Å²) >= 11 is 6.10.